The molecule has 3 atom stereocenters. The van der Waals surface area contributed by atoms with Gasteiger partial charge in [0.05, 0.1) is 11.9 Å². The molecule has 2 fully saturated rings. The van der Waals surface area contributed by atoms with E-state index in [1.807, 2.05) is 18.1 Å². The van der Waals surface area contributed by atoms with Gasteiger partial charge in [0.15, 0.2) is 5.96 Å². The average molecular weight is 520 g/mol. The number of hydrogen-bond acceptors (Lipinski definition) is 3. The molecule has 1 saturated heterocycles. The molecule has 8 heteroatoms. The number of aryl methyl sites for hydroxylation is 1. The zero-order valence-electron chi connectivity index (χ0n) is 17.5. The Morgan fingerprint density at radius 1 is 1.30 bits per heavy atom. The highest BCUT2D eigenvalue weighted by atomic mass is 127. The number of amides is 1. The minimum Gasteiger partial charge on any atom is -0.357 e. The molecular formula is C22H29IN6O. The first kappa shape index (κ1) is 21.1. The standard InChI is InChI=1S/C22H28N6O.HI/c1-3-23-22(24-12-19-18-10-15-6-4-5-7-17(15)21(18)19)27-8-9-28(20(29)14-27)16-11-25-26(2)13-16;/h4-7,11,13,18-19,21H,3,8-10,12,14H2,1-2H3,(H,23,24);1H. The minimum absolute atomic E-state index is 0. The van der Waals surface area contributed by atoms with Crippen molar-refractivity contribution < 1.29 is 4.79 Å². The smallest absolute Gasteiger partial charge is 0.246 e. The average Bonchev–Trinajstić information content (AvgIpc) is 3.03. The third-order valence-corrected chi connectivity index (χ3v) is 6.51. The van der Waals surface area contributed by atoms with Gasteiger partial charge in [0.2, 0.25) is 5.91 Å². The van der Waals surface area contributed by atoms with Crippen molar-refractivity contribution in [2.45, 2.75) is 19.3 Å². The van der Waals surface area contributed by atoms with Crippen LogP contribution < -0.4 is 10.2 Å². The van der Waals surface area contributed by atoms with E-state index in [0.717, 1.165) is 37.2 Å². The van der Waals surface area contributed by atoms with Crippen molar-refractivity contribution in [3.8, 4) is 0 Å². The summed E-state index contributed by atoms with van der Waals surface area (Å²) < 4.78 is 1.73. The number of carbonyl (C=O) groups excluding carboxylic acids is 1. The van der Waals surface area contributed by atoms with E-state index < -0.39 is 0 Å². The molecule has 2 aromatic rings. The summed E-state index contributed by atoms with van der Waals surface area (Å²) in [6.07, 6.45) is 4.83. The summed E-state index contributed by atoms with van der Waals surface area (Å²) >= 11 is 0. The first-order valence-corrected chi connectivity index (χ1v) is 10.6. The molecule has 1 aliphatic heterocycles. The van der Waals surface area contributed by atoms with Crippen molar-refractivity contribution in [1.82, 2.24) is 20.0 Å². The number of benzene rings is 1. The highest BCUT2D eigenvalue weighted by molar-refractivity contribution is 14.0. The number of hydrogen-bond donors (Lipinski definition) is 1. The Morgan fingerprint density at radius 3 is 2.87 bits per heavy atom. The van der Waals surface area contributed by atoms with Crippen LogP contribution in [0.3, 0.4) is 0 Å². The van der Waals surface area contributed by atoms with E-state index in [4.69, 9.17) is 4.99 Å². The third-order valence-electron chi connectivity index (χ3n) is 6.51. The van der Waals surface area contributed by atoms with E-state index in [2.05, 4.69) is 46.5 Å². The monoisotopic (exact) mass is 520 g/mol. The van der Waals surface area contributed by atoms with Gasteiger partial charge in [-0.25, -0.2) is 0 Å². The van der Waals surface area contributed by atoms with Gasteiger partial charge in [-0.3, -0.25) is 14.5 Å². The molecule has 1 aromatic heterocycles. The Hall–Kier alpha value is -2.10. The minimum atomic E-state index is 0. The van der Waals surface area contributed by atoms with Gasteiger partial charge >= 0.3 is 0 Å². The highest BCUT2D eigenvalue weighted by Crippen LogP contribution is 2.61. The molecule has 1 N–H and O–H groups in total. The SMILES string of the molecule is CCNC(=NCC1C2Cc3ccccc3C12)N1CCN(c2cnn(C)c2)C(=O)C1.I. The van der Waals surface area contributed by atoms with Gasteiger partial charge in [0.25, 0.3) is 0 Å². The molecule has 2 heterocycles. The van der Waals surface area contributed by atoms with E-state index in [-0.39, 0.29) is 29.9 Å². The number of nitrogens with one attached hydrogen (secondary N) is 1. The number of guanidine groups is 1. The Balaban J connectivity index is 0.00000218. The number of aliphatic imine (C=N–C) groups is 1. The Morgan fingerprint density at radius 2 is 2.13 bits per heavy atom. The molecule has 1 amide bonds. The molecule has 160 valence electrons. The van der Waals surface area contributed by atoms with Crippen molar-refractivity contribution >= 4 is 41.5 Å². The maximum atomic E-state index is 12.7. The van der Waals surface area contributed by atoms with Gasteiger partial charge in [-0.15, -0.1) is 24.0 Å². The molecule has 7 nitrogen and oxygen atoms in total. The van der Waals surface area contributed by atoms with Gasteiger partial charge < -0.3 is 15.1 Å². The normalized spacial score (nSPS) is 24.9. The number of fused-ring (bicyclic) bond motifs is 3. The molecule has 1 saturated carbocycles. The van der Waals surface area contributed by atoms with Crippen LogP contribution in [0.4, 0.5) is 5.69 Å². The fourth-order valence-corrected chi connectivity index (χ4v) is 5.03. The van der Waals surface area contributed by atoms with Gasteiger partial charge in [-0.05, 0) is 42.2 Å². The van der Waals surface area contributed by atoms with Crippen molar-refractivity contribution in [3.05, 3.63) is 47.8 Å². The van der Waals surface area contributed by atoms with E-state index in [1.165, 1.54) is 17.5 Å². The topological polar surface area (TPSA) is 65.8 Å². The fraction of sp³-hybridized carbons (Fsp3) is 0.500. The summed E-state index contributed by atoms with van der Waals surface area (Å²) in [7, 11) is 1.87. The number of piperazine rings is 1. The maximum absolute atomic E-state index is 12.7. The van der Waals surface area contributed by atoms with Crippen LogP contribution >= 0.6 is 24.0 Å². The Kier molecular flexibility index (Phi) is 6.04. The zero-order valence-corrected chi connectivity index (χ0v) is 19.8. The van der Waals surface area contributed by atoms with Crippen molar-refractivity contribution in [2.75, 3.05) is 37.6 Å². The van der Waals surface area contributed by atoms with Gasteiger partial charge in [0, 0.05) is 39.4 Å². The Bertz CT molecular complexity index is 957. The summed E-state index contributed by atoms with van der Waals surface area (Å²) in [6.45, 7) is 5.48. The van der Waals surface area contributed by atoms with Crippen LogP contribution in [0, 0.1) is 11.8 Å². The molecule has 3 aliphatic rings. The van der Waals surface area contributed by atoms with E-state index in [9.17, 15) is 4.79 Å². The molecule has 0 radical (unpaired) electrons. The fourth-order valence-electron chi connectivity index (χ4n) is 5.03. The number of aromatic nitrogens is 2. The van der Waals surface area contributed by atoms with Crippen LogP contribution in [0.25, 0.3) is 0 Å². The third kappa shape index (κ3) is 3.81. The number of halogens is 1. The molecule has 5 rings (SSSR count). The Labute approximate surface area is 194 Å². The van der Waals surface area contributed by atoms with Crippen molar-refractivity contribution in [1.29, 1.82) is 0 Å². The largest absolute Gasteiger partial charge is 0.357 e. The maximum Gasteiger partial charge on any atom is 0.246 e. The van der Waals surface area contributed by atoms with Crippen molar-refractivity contribution in [2.24, 2.45) is 23.9 Å². The van der Waals surface area contributed by atoms with E-state index in [0.29, 0.717) is 24.9 Å². The summed E-state index contributed by atoms with van der Waals surface area (Å²) in [5.74, 6) is 3.04. The molecule has 1 aromatic carbocycles. The lowest BCUT2D eigenvalue weighted by Gasteiger charge is -2.35. The van der Waals surface area contributed by atoms with E-state index >= 15 is 0 Å². The summed E-state index contributed by atoms with van der Waals surface area (Å²) in [6, 6.07) is 8.84. The highest BCUT2D eigenvalue weighted by Gasteiger charge is 2.55. The molecule has 2 aliphatic carbocycles. The number of nitrogens with zero attached hydrogens (tertiary/aromatic N) is 5. The molecule has 30 heavy (non-hydrogen) atoms. The molecule has 0 spiro atoms. The summed E-state index contributed by atoms with van der Waals surface area (Å²) in [5, 5.41) is 7.57. The van der Waals surface area contributed by atoms with Crippen LogP contribution in [0.1, 0.15) is 24.0 Å². The second kappa shape index (κ2) is 8.56. The lowest BCUT2D eigenvalue weighted by atomic mass is 10.0. The van der Waals surface area contributed by atoms with Crippen LogP contribution in [0.5, 0.6) is 0 Å². The molecule has 0 bridgehead atoms. The second-order valence-electron chi connectivity index (χ2n) is 8.29. The second-order valence-corrected chi connectivity index (χ2v) is 8.29. The van der Waals surface area contributed by atoms with E-state index in [1.54, 1.807) is 10.9 Å². The van der Waals surface area contributed by atoms with Crippen LogP contribution in [-0.2, 0) is 18.3 Å². The first-order valence-electron chi connectivity index (χ1n) is 10.6. The lowest BCUT2D eigenvalue weighted by molar-refractivity contribution is -0.120. The number of rotatable bonds is 4. The number of carbonyl (C=O) groups is 1. The van der Waals surface area contributed by atoms with Crippen LogP contribution in [0.2, 0.25) is 0 Å². The quantitative estimate of drug-likeness (QED) is 0.382. The predicted molar refractivity (Wildman–Crippen MR) is 128 cm³/mol. The summed E-state index contributed by atoms with van der Waals surface area (Å²) in [5.41, 5.74) is 3.92. The van der Waals surface area contributed by atoms with Crippen molar-refractivity contribution in [3.63, 3.8) is 0 Å². The van der Waals surface area contributed by atoms with Gasteiger partial charge in [0.1, 0.15) is 6.54 Å². The first-order chi connectivity index (χ1) is 14.2. The summed E-state index contributed by atoms with van der Waals surface area (Å²) in [4.78, 5) is 21.6. The lowest BCUT2D eigenvalue weighted by Crippen LogP contribution is -2.55. The van der Waals surface area contributed by atoms with Gasteiger partial charge in [-0.2, -0.15) is 5.10 Å². The number of anilines is 1. The van der Waals surface area contributed by atoms with Gasteiger partial charge in [-0.1, -0.05) is 24.3 Å². The van der Waals surface area contributed by atoms with Crippen LogP contribution in [-0.4, -0.2) is 59.3 Å². The predicted octanol–water partition coefficient (Wildman–Crippen LogP) is 2.24. The molecular weight excluding hydrogens is 491 g/mol. The zero-order chi connectivity index (χ0) is 20.0. The molecule has 3 unspecified atom stereocenters. The van der Waals surface area contributed by atoms with Crippen LogP contribution in [0.15, 0.2) is 41.7 Å².